The van der Waals surface area contributed by atoms with Crippen molar-refractivity contribution in [3.63, 3.8) is 0 Å². The number of nitrogens with one attached hydrogen (secondary N) is 1. The van der Waals surface area contributed by atoms with E-state index in [1.807, 2.05) is 49.4 Å². The third-order valence-electron chi connectivity index (χ3n) is 5.34. The lowest BCUT2D eigenvalue weighted by atomic mass is 10.2. The average molecular weight is 461 g/mol. The van der Waals surface area contributed by atoms with Crippen molar-refractivity contribution >= 4 is 46.6 Å². The first-order chi connectivity index (χ1) is 14.5. The summed E-state index contributed by atoms with van der Waals surface area (Å²) in [6.45, 7) is 1.89. The smallest absolute Gasteiger partial charge is 0.234 e. The van der Waals surface area contributed by atoms with Crippen molar-refractivity contribution in [1.29, 1.82) is 0 Å². The molecule has 1 N–H and O–H groups in total. The van der Waals surface area contributed by atoms with Crippen LogP contribution in [0.1, 0.15) is 37.3 Å². The van der Waals surface area contributed by atoms with Crippen molar-refractivity contribution in [2.45, 2.75) is 43.8 Å². The minimum absolute atomic E-state index is 0.106. The van der Waals surface area contributed by atoms with Crippen LogP contribution in [0.5, 0.6) is 0 Å². The summed E-state index contributed by atoms with van der Waals surface area (Å²) in [5.41, 5.74) is 2.44. The summed E-state index contributed by atoms with van der Waals surface area (Å²) < 4.78 is 2.16. The number of thioether (sulfide) groups is 1. The molecule has 3 aromatic rings. The SMILES string of the molecule is Cc1c(Cl)cccc1NC(=O)CSc1nnc(-c2ccccc2Cl)n1C1CCCC1. The molecule has 0 aliphatic heterocycles. The zero-order valence-electron chi connectivity index (χ0n) is 16.6. The Morgan fingerprint density at radius 2 is 1.83 bits per heavy atom. The first-order valence-electron chi connectivity index (χ1n) is 9.92. The average Bonchev–Trinajstić information content (AvgIpc) is 3.40. The molecule has 30 heavy (non-hydrogen) atoms. The number of aromatic nitrogens is 3. The Kier molecular flexibility index (Phi) is 6.66. The molecule has 0 saturated heterocycles. The molecule has 0 spiro atoms. The van der Waals surface area contributed by atoms with Gasteiger partial charge in [-0.1, -0.05) is 66.0 Å². The molecule has 156 valence electrons. The molecular weight excluding hydrogens is 439 g/mol. The zero-order valence-corrected chi connectivity index (χ0v) is 18.9. The maximum absolute atomic E-state index is 12.6. The number of carbonyl (C=O) groups is 1. The van der Waals surface area contributed by atoms with Crippen LogP contribution < -0.4 is 5.32 Å². The number of carbonyl (C=O) groups excluding carboxylic acids is 1. The van der Waals surface area contributed by atoms with Gasteiger partial charge in [0.2, 0.25) is 5.91 Å². The fraction of sp³-hybridized carbons (Fsp3) is 0.318. The van der Waals surface area contributed by atoms with E-state index in [0.29, 0.717) is 16.1 Å². The molecule has 2 aromatic carbocycles. The molecule has 0 atom stereocenters. The predicted octanol–water partition coefficient (Wildman–Crippen LogP) is 6.41. The second-order valence-corrected chi connectivity index (χ2v) is 9.10. The molecular formula is C22H22Cl2N4OS. The molecule has 1 heterocycles. The van der Waals surface area contributed by atoms with E-state index in [4.69, 9.17) is 23.2 Å². The van der Waals surface area contributed by atoms with Crippen LogP contribution >= 0.6 is 35.0 Å². The van der Waals surface area contributed by atoms with Gasteiger partial charge >= 0.3 is 0 Å². The van der Waals surface area contributed by atoms with Crippen LogP contribution in [0, 0.1) is 6.92 Å². The zero-order chi connectivity index (χ0) is 21.1. The van der Waals surface area contributed by atoms with Gasteiger partial charge in [-0.3, -0.25) is 9.36 Å². The highest BCUT2D eigenvalue weighted by Crippen LogP contribution is 2.38. The number of halogens is 2. The van der Waals surface area contributed by atoms with Gasteiger partial charge in [-0.2, -0.15) is 0 Å². The van der Waals surface area contributed by atoms with Crippen LogP contribution in [0.3, 0.4) is 0 Å². The molecule has 8 heteroatoms. The highest BCUT2D eigenvalue weighted by molar-refractivity contribution is 7.99. The standard InChI is InChI=1S/C22H22Cl2N4OS/c1-14-17(23)11-6-12-19(14)25-20(29)13-30-22-27-26-21(16-9-4-5-10-18(16)24)28(22)15-7-2-3-8-15/h4-6,9-12,15H,2-3,7-8,13H2,1H3,(H,25,29). The van der Waals surface area contributed by atoms with Crippen LogP contribution in [0.25, 0.3) is 11.4 Å². The summed E-state index contributed by atoms with van der Waals surface area (Å²) in [5, 5.41) is 13.8. The van der Waals surface area contributed by atoms with Gasteiger partial charge in [0.15, 0.2) is 11.0 Å². The fourth-order valence-corrected chi connectivity index (χ4v) is 4.95. The fourth-order valence-electron chi connectivity index (χ4n) is 3.75. The first kappa shape index (κ1) is 21.2. The number of nitrogens with zero attached hydrogens (tertiary/aromatic N) is 3. The van der Waals surface area contributed by atoms with Crippen LogP contribution in [-0.2, 0) is 4.79 Å². The number of amides is 1. The van der Waals surface area contributed by atoms with Crippen molar-refractivity contribution in [2.75, 3.05) is 11.1 Å². The van der Waals surface area contributed by atoms with E-state index >= 15 is 0 Å². The van der Waals surface area contributed by atoms with Gasteiger partial charge in [0.25, 0.3) is 0 Å². The molecule has 1 aromatic heterocycles. The van der Waals surface area contributed by atoms with E-state index in [-0.39, 0.29) is 11.7 Å². The Hall–Kier alpha value is -2.02. The van der Waals surface area contributed by atoms with E-state index in [2.05, 4.69) is 20.1 Å². The van der Waals surface area contributed by atoms with Gasteiger partial charge in [0.05, 0.1) is 10.8 Å². The number of hydrogen-bond acceptors (Lipinski definition) is 4. The maximum Gasteiger partial charge on any atom is 0.234 e. The Labute approximate surface area is 190 Å². The highest BCUT2D eigenvalue weighted by atomic mass is 35.5. The summed E-state index contributed by atoms with van der Waals surface area (Å²) in [4.78, 5) is 12.6. The van der Waals surface area contributed by atoms with Gasteiger partial charge in [0.1, 0.15) is 0 Å². The second kappa shape index (κ2) is 9.41. The third kappa shape index (κ3) is 4.51. The molecule has 4 rings (SSSR count). The maximum atomic E-state index is 12.6. The Morgan fingerprint density at radius 1 is 1.10 bits per heavy atom. The molecule has 5 nitrogen and oxygen atoms in total. The van der Waals surface area contributed by atoms with E-state index in [1.165, 1.54) is 24.6 Å². The van der Waals surface area contributed by atoms with E-state index < -0.39 is 0 Å². The summed E-state index contributed by atoms with van der Waals surface area (Å²) in [7, 11) is 0. The van der Waals surface area contributed by atoms with Crippen molar-refractivity contribution in [1.82, 2.24) is 14.8 Å². The van der Waals surface area contributed by atoms with Crippen LogP contribution in [0.15, 0.2) is 47.6 Å². The van der Waals surface area contributed by atoms with Crippen molar-refractivity contribution in [2.24, 2.45) is 0 Å². The molecule has 1 aliphatic rings. The largest absolute Gasteiger partial charge is 0.325 e. The molecule has 0 unspecified atom stereocenters. The van der Waals surface area contributed by atoms with Crippen LogP contribution in [0.4, 0.5) is 5.69 Å². The first-order valence-corrected chi connectivity index (χ1v) is 11.7. The predicted molar refractivity (Wildman–Crippen MR) is 124 cm³/mol. The Bertz CT molecular complexity index is 1060. The number of hydrogen-bond donors (Lipinski definition) is 1. The van der Waals surface area contributed by atoms with Gasteiger partial charge in [-0.15, -0.1) is 10.2 Å². The Morgan fingerprint density at radius 3 is 2.60 bits per heavy atom. The van der Waals surface area contributed by atoms with E-state index in [1.54, 1.807) is 0 Å². The number of rotatable bonds is 6. The van der Waals surface area contributed by atoms with Gasteiger partial charge in [-0.05, 0) is 49.6 Å². The topological polar surface area (TPSA) is 59.8 Å². The quantitative estimate of drug-likeness (QED) is 0.431. The molecule has 1 fully saturated rings. The lowest BCUT2D eigenvalue weighted by molar-refractivity contribution is -0.113. The number of benzene rings is 2. The van der Waals surface area contributed by atoms with Crippen molar-refractivity contribution in [3.05, 3.63) is 58.1 Å². The summed E-state index contributed by atoms with van der Waals surface area (Å²) in [5.74, 6) is 0.894. The van der Waals surface area contributed by atoms with E-state index in [0.717, 1.165) is 40.6 Å². The molecule has 0 bridgehead atoms. The van der Waals surface area contributed by atoms with E-state index in [9.17, 15) is 4.79 Å². The molecule has 0 radical (unpaired) electrons. The van der Waals surface area contributed by atoms with Gasteiger partial charge in [0, 0.05) is 22.3 Å². The lowest BCUT2D eigenvalue weighted by Gasteiger charge is -2.17. The highest BCUT2D eigenvalue weighted by Gasteiger charge is 2.26. The van der Waals surface area contributed by atoms with Crippen LogP contribution in [0.2, 0.25) is 10.0 Å². The molecule has 1 aliphatic carbocycles. The molecule has 1 saturated carbocycles. The van der Waals surface area contributed by atoms with Crippen molar-refractivity contribution < 1.29 is 4.79 Å². The normalized spacial score (nSPS) is 14.2. The lowest BCUT2D eigenvalue weighted by Crippen LogP contribution is -2.16. The summed E-state index contributed by atoms with van der Waals surface area (Å²) in [6.07, 6.45) is 4.53. The number of anilines is 1. The van der Waals surface area contributed by atoms with Gasteiger partial charge < -0.3 is 5.32 Å². The van der Waals surface area contributed by atoms with Crippen molar-refractivity contribution in [3.8, 4) is 11.4 Å². The van der Waals surface area contributed by atoms with Gasteiger partial charge in [-0.25, -0.2) is 0 Å². The van der Waals surface area contributed by atoms with Crippen LogP contribution in [-0.4, -0.2) is 26.4 Å². The minimum atomic E-state index is -0.106. The minimum Gasteiger partial charge on any atom is -0.325 e. The molecule has 1 amide bonds. The Balaban J connectivity index is 1.55. The third-order valence-corrected chi connectivity index (χ3v) is 7.03. The monoisotopic (exact) mass is 460 g/mol. The second-order valence-electron chi connectivity index (χ2n) is 7.34. The summed E-state index contributed by atoms with van der Waals surface area (Å²) in [6, 6.07) is 13.5. The summed E-state index contributed by atoms with van der Waals surface area (Å²) >= 11 is 14.0.